The number of benzene rings is 1. The molecule has 0 aromatic heterocycles. The number of carboxylic acids is 2. The van der Waals surface area contributed by atoms with Gasteiger partial charge >= 0.3 is 11.9 Å². The highest BCUT2D eigenvalue weighted by Crippen LogP contribution is 2.22. The molecule has 0 radical (unpaired) electrons. The summed E-state index contributed by atoms with van der Waals surface area (Å²) < 4.78 is 51.2. The number of rotatable bonds is 5. The Morgan fingerprint density at radius 1 is 1.24 bits per heavy atom. The topological polar surface area (TPSA) is 112 Å². The number of aliphatic carboxylic acids is 1. The van der Waals surface area contributed by atoms with Crippen molar-refractivity contribution in [3.8, 4) is 0 Å². The quantitative estimate of drug-likeness (QED) is 0.827. The molecule has 0 fully saturated rings. The first kappa shape index (κ1) is 17.0. The molecule has 0 amide bonds. The lowest BCUT2D eigenvalue weighted by atomic mass is 10.2. The molecule has 1 aromatic carbocycles. The first-order valence-electron chi connectivity index (χ1n) is 5.43. The molecule has 0 saturated carbocycles. The number of hydrogen-bond donors (Lipinski definition) is 2. The molecule has 21 heavy (non-hydrogen) atoms. The third kappa shape index (κ3) is 3.16. The zero-order valence-electron chi connectivity index (χ0n) is 10.9. The lowest BCUT2D eigenvalue weighted by molar-refractivity contribution is -0.140. The second kappa shape index (κ2) is 5.74. The minimum Gasteiger partial charge on any atom is -0.480 e. The van der Waals surface area contributed by atoms with Crippen molar-refractivity contribution in [2.45, 2.75) is 17.9 Å². The van der Waals surface area contributed by atoms with E-state index in [0.29, 0.717) is 16.4 Å². The smallest absolute Gasteiger partial charge is 0.338 e. The highest BCUT2D eigenvalue weighted by Gasteiger charge is 2.31. The molecule has 1 atom stereocenters. The Labute approximate surface area is 118 Å². The molecular formula is C11H11F2NO6S. The minimum absolute atomic E-state index is 0.294. The van der Waals surface area contributed by atoms with Gasteiger partial charge in [0.05, 0.1) is 10.5 Å². The van der Waals surface area contributed by atoms with Crippen LogP contribution in [0.2, 0.25) is 0 Å². The van der Waals surface area contributed by atoms with Gasteiger partial charge in [-0.3, -0.25) is 4.79 Å². The molecular weight excluding hydrogens is 312 g/mol. The maximum atomic E-state index is 13.3. The Morgan fingerprint density at radius 2 is 1.76 bits per heavy atom. The molecule has 1 aromatic rings. The summed E-state index contributed by atoms with van der Waals surface area (Å²) in [5.41, 5.74) is -1.16. The molecule has 2 N–H and O–H groups in total. The Bertz CT molecular complexity index is 703. The van der Waals surface area contributed by atoms with E-state index in [1.165, 1.54) is 0 Å². The summed E-state index contributed by atoms with van der Waals surface area (Å²) in [6.07, 6.45) is 0. The van der Waals surface area contributed by atoms with Gasteiger partial charge in [0.1, 0.15) is 6.04 Å². The summed E-state index contributed by atoms with van der Waals surface area (Å²) >= 11 is 0. The molecule has 0 aliphatic carbocycles. The number of carbonyl (C=O) groups is 2. The molecule has 10 heteroatoms. The number of nitrogens with zero attached hydrogens (tertiary/aromatic N) is 1. The molecule has 0 heterocycles. The van der Waals surface area contributed by atoms with E-state index in [4.69, 9.17) is 10.2 Å². The van der Waals surface area contributed by atoms with Crippen LogP contribution in [-0.2, 0) is 14.8 Å². The van der Waals surface area contributed by atoms with Crippen molar-refractivity contribution in [1.29, 1.82) is 0 Å². The standard InChI is InChI=1S/C11H11F2NO6S/c1-5(10(15)16)14(2)21(19,20)6-3-7(11(17)18)9(13)8(12)4-6/h3-5H,1-2H3,(H,15,16)(H,17,18)/t5-/m0/s1. The largest absolute Gasteiger partial charge is 0.480 e. The predicted octanol–water partition coefficient (Wildman–Crippen LogP) is 0.757. The van der Waals surface area contributed by atoms with Gasteiger partial charge in [-0.05, 0) is 19.1 Å². The zero-order valence-corrected chi connectivity index (χ0v) is 11.7. The summed E-state index contributed by atoms with van der Waals surface area (Å²) in [6, 6.07) is -0.750. The van der Waals surface area contributed by atoms with Crippen molar-refractivity contribution in [1.82, 2.24) is 4.31 Å². The van der Waals surface area contributed by atoms with E-state index in [2.05, 4.69) is 0 Å². The maximum absolute atomic E-state index is 13.3. The number of aromatic carboxylic acids is 1. The Kier molecular flexibility index (Phi) is 4.64. The molecule has 0 saturated heterocycles. The summed E-state index contributed by atoms with van der Waals surface area (Å²) in [5, 5.41) is 17.5. The van der Waals surface area contributed by atoms with Crippen LogP contribution in [0.3, 0.4) is 0 Å². The van der Waals surface area contributed by atoms with Crippen LogP contribution in [0, 0.1) is 11.6 Å². The van der Waals surface area contributed by atoms with Crippen molar-refractivity contribution in [2.24, 2.45) is 0 Å². The summed E-state index contributed by atoms with van der Waals surface area (Å²) in [6.45, 7) is 1.07. The van der Waals surface area contributed by atoms with Crippen LogP contribution in [0.15, 0.2) is 17.0 Å². The van der Waals surface area contributed by atoms with Crippen LogP contribution >= 0.6 is 0 Å². The van der Waals surface area contributed by atoms with E-state index in [1.54, 1.807) is 0 Å². The van der Waals surface area contributed by atoms with Crippen molar-refractivity contribution in [3.05, 3.63) is 29.3 Å². The van der Waals surface area contributed by atoms with Crippen LogP contribution in [0.1, 0.15) is 17.3 Å². The van der Waals surface area contributed by atoms with Crippen LogP contribution in [0.5, 0.6) is 0 Å². The van der Waals surface area contributed by atoms with Gasteiger partial charge in [0.25, 0.3) is 0 Å². The molecule has 0 spiro atoms. The lowest BCUT2D eigenvalue weighted by Crippen LogP contribution is -2.40. The third-order valence-corrected chi connectivity index (χ3v) is 4.72. The molecule has 116 valence electrons. The van der Waals surface area contributed by atoms with Crippen LogP contribution in [-0.4, -0.2) is 48.0 Å². The fraction of sp³-hybridized carbons (Fsp3) is 0.273. The molecule has 0 aliphatic rings. The Hall–Kier alpha value is -2.07. The zero-order chi connectivity index (χ0) is 16.5. The highest BCUT2D eigenvalue weighted by molar-refractivity contribution is 7.89. The van der Waals surface area contributed by atoms with E-state index in [1.807, 2.05) is 0 Å². The molecule has 0 unspecified atom stereocenters. The van der Waals surface area contributed by atoms with E-state index < -0.39 is 50.1 Å². The van der Waals surface area contributed by atoms with E-state index in [-0.39, 0.29) is 0 Å². The summed E-state index contributed by atoms with van der Waals surface area (Å²) in [7, 11) is -3.57. The molecule has 0 bridgehead atoms. The van der Waals surface area contributed by atoms with Crippen molar-refractivity contribution < 1.29 is 37.0 Å². The van der Waals surface area contributed by atoms with Gasteiger partial charge in [0, 0.05) is 7.05 Å². The third-order valence-electron chi connectivity index (χ3n) is 2.81. The van der Waals surface area contributed by atoms with Crippen LogP contribution in [0.4, 0.5) is 8.78 Å². The number of sulfonamides is 1. The van der Waals surface area contributed by atoms with Gasteiger partial charge in [0.15, 0.2) is 11.6 Å². The van der Waals surface area contributed by atoms with Crippen LogP contribution < -0.4 is 0 Å². The lowest BCUT2D eigenvalue weighted by Gasteiger charge is -2.21. The van der Waals surface area contributed by atoms with Crippen molar-refractivity contribution in [3.63, 3.8) is 0 Å². The predicted molar refractivity (Wildman–Crippen MR) is 65.4 cm³/mol. The first-order chi connectivity index (χ1) is 9.50. The fourth-order valence-electron chi connectivity index (χ4n) is 1.40. The monoisotopic (exact) mass is 323 g/mol. The van der Waals surface area contributed by atoms with Gasteiger partial charge in [-0.25, -0.2) is 22.0 Å². The number of carboxylic acid groups (broad SMARTS) is 2. The molecule has 7 nitrogen and oxygen atoms in total. The van der Waals surface area contributed by atoms with Crippen LogP contribution in [0.25, 0.3) is 0 Å². The van der Waals surface area contributed by atoms with Gasteiger partial charge in [-0.15, -0.1) is 0 Å². The van der Waals surface area contributed by atoms with E-state index in [9.17, 15) is 26.8 Å². The molecule has 0 aliphatic heterocycles. The average molecular weight is 323 g/mol. The fourth-order valence-corrected chi connectivity index (χ4v) is 2.76. The SMILES string of the molecule is C[C@@H](C(=O)O)N(C)S(=O)(=O)c1cc(F)c(F)c(C(=O)O)c1. The maximum Gasteiger partial charge on any atom is 0.338 e. The van der Waals surface area contributed by atoms with E-state index in [0.717, 1.165) is 14.0 Å². The second-order valence-electron chi connectivity index (χ2n) is 4.11. The van der Waals surface area contributed by atoms with Crippen molar-refractivity contribution in [2.75, 3.05) is 7.05 Å². The van der Waals surface area contributed by atoms with Crippen molar-refractivity contribution >= 4 is 22.0 Å². The molecule has 1 rings (SSSR count). The summed E-state index contributed by atoms with van der Waals surface area (Å²) in [5.74, 6) is -6.67. The van der Waals surface area contributed by atoms with Gasteiger partial charge in [0.2, 0.25) is 10.0 Å². The minimum atomic E-state index is -4.50. The second-order valence-corrected chi connectivity index (χ2v) is 6.10. The average Bonchev–Trinajstić information content (AvgIpc) is 2.39. The van der Waals surface area contributed by atoms with E-state index >= 15 is 0 Å². The normalized spacial score (nSPS) is 13.2. The number of halogens is 2. The highest BCUT2D eigenvalue weighted by atomic mass is 32.2. The first-order valence-corrected chi connectivity index (χ1v) is 6.87. The van der Waals surface area contributed by atoms with Gasteiger partial charge < -0.3 is 10.2 Å². The summed E-state index contributed by atoms with van der Waals surface area (Å²) in [4.78, 5) is 20.7. The Balaban J connectivity index is 3.46. The Morgan fingerprint density at radius 3 is 2.19 bits per heavy atom. The van der Waals surface area contributed by atoms with Gasteiger partial charge in [-0.2, -0.15) is 4.31 Å². The number of likely N-dealkylation sites (N-methyl/N-ethyl adjacent to an activating group) is 1. The number of hydrogen-bond acceptors (Lipinski definition) is 4. The van der Waals surface area contributed by atoms with Gasteiger partial charge in [-0.1, -0.05) is 0 Å².